The third-order valence-corrected chi connectivity index (χ3v) is 6.15. The highest BCUT2D eigenvalue weighted by Crippen LogP contribution is 2.59. The van der Waals surface area contributed by atoms with E-state index in [0.29, 0.717) is 36.0 Å². The summed E-state index contributed by atoms with van der Waals surface area (Å²) in [6.45, 7) is -0.0360. The second-order valence-electron chi connectivity index (χ2n) is 7.82. The van der Waals surface area contributed by atoms with E-state index in [0.717, 1.165) is 0 Å². The number of carboxylic acids is 1. The Morgan fingerprint density at radius 3 is 2.62 bits per heavy atom. The zero-order valence-corrected chi connectivity index (χ0v) is 15.6. The molecule has 0 bridgehead atoms. The third-order valence-electron chi connectivity index (χ3n) is 6.15. The second-order valence-corrected chi connectivity index (χ2v) is 7.82. The summed E-state index contributed by atoms with van der Waals surface area (Å²) < 4.78 is 0. The molecule has 0 heterocycles. The molecular weight excluding hydrogens is 376 g/mol. The van der Waals surface area contributed by atoms with Crippen molar-refractivity contribution in [1.82, 2.24) is 0 Å². The third kappa shape index (κ3) is 3.21. The number of ketones is 1. The van der Waals surface area contributed by atoms with Crippen LogP contribution in [0.4, 0.5) is 0 Å². The van der Waals surface area contributed by atoms with E-state index < -0.39 is 11.8 Å². The van der Waals surface area contributed by atoms with Gasteiger partial charge in [-0.15, -0.1) is 0 Å². The van der Waals surface area contributed by atoms with Gasteiger partial charge in [0.2, 0.25) is 0 Å². The molecule has 0 amide bonds. The average molecular weight is 398 g/mol. The van der Waals surface area contributed by atoms with Crippen molar-refractivity contribution in [2.75, 3.05) is 6.61 Å². The summed E-state index contributed by atoms with van der Waals surface area (Å²) in [7, 11) is 0. The van der Waals surface area contributed by atoms with Crippen molar-refractivity contribution in [2.24, 2.45) is 11.8 Å². The number of hydrogen-bond donors (Lipinski definition) is 5. The van der Waals surface area contributed by atoms with Crippen molar-refractivity contribution in [1.29, 1.82) is 0 Å². The summed E-state index contributed by atoms with van der Waals surface area (Å²) in [5.74, 6) is -2.63. The maximum absolute atomic E-state index is 12.9. The van der Waals surface area contributed by atoms with Crippen LogP contribution >= 0.6 is 0 Å². The summed E-state index contributed by atoms with van der Waals surface area (Å²) in [5.41, 5.74) is 1.46. The zero-order valence-electron chi connectivity index (χ0n) is 15.6. The highest BCUT2D eigenvalue weighted by atomic mass is 16.4. The molecule has 7 nitrogen and oxygen atoms in total. The Hall–Kier alpha value is -3.06. The lowest BCUT2D eigenvalue weighted by Gasteiger charge is -2.17. The number of carboxylic acid groups (broad SMARTS) is 1. The monoisotopic (exact) mass is 398 g/mol. The minimum atomic E-state index is -1.30. The first-order valence-electron chi connectivity index (χ1n) is 9.60. The van der Waals surface area contributed by atoms with Crippen molar-refractivity contribution < 1.29 is 35.1 Å². The number of aliphatic hydroxyl groups is 3. The smallest absolute Gasteiger partial charge is 0.339 e. The number of aliphatic hydroxyl groups excluding tert-OH is 3. The van der Waals surface area contributed by atoms with Crippen LogP contribution in [-0.4, -0.2) is 43.9 Å². The Kier molecular flexibility index (Phi) is 4.70. The number of allylic oxidation sites excluding steroid dienone is 3. The number of carbonyl (C=O) groups excluding carboxylic acids is 1. The van der Waals surface area contributed by atoms with Crippen molar-refractivity contribution in [3.63, 3.8) is 0 Å². The number of carbonyl (C=O) groups is 2. The van der Waals surface area contributed by atoms with Gasteiger partial charge in [0.05, 0.1) is 0 Å². The van der Waals surface area contributed by atoms with Gasteiger partial charge in [-0.1, -0.05) is 6.08 Å². The minimum absolute atomic E-state index is 0.0265. The predicted octanol–water partition coefficient (Wildman–Crippen LogP) is 2.90. The van der Waals surface area contributed by atoms with E-state index in [9.17, 15) is 35.1 Å². The molecule has 1 fully saturated rings. The molecule has 152 valence electrons. The number of benzene rings is 1. The number of phenolic OH excluding ortho intramolecular Hbond substituents is 1. The maximum Gasteiger partial charge on any atom is 0.339 e. The highest BCUT2D eigenvalue weighted by Gasteiger charge is 2.52. The molecule has 0 aromatic heterocycles. The molecule has 1 saturated carbocycles. The fourth-order valence-electron chi connectivity index (χ4n) is 4.61. The lowest BCUT2D eigenvalue weighted by Crippen LogP contribution is -2.15. The van der Waals surface area contributed by atoms with Crippen LogP contribution in [-0.2, 0) is 11.2 Å². The van der Waals surface area contributed by atoms with Gasteiger partial charge in [0.1, 0.15) is 11.3 Å². The highest BCUT2D eigenvalue weighted by molar-refractivity contribution is 6.24. The van der Waals surface area contributed by atoms with Crippen LogP contribution < -0.4 is 0 Å². The van der Waals surface area contributed by atoms with E-state index in [1.807, 2.05) is 0 Å². The molecule has 3 atom stereocenters. The van der Waals surface area contributed by atoms with E-state index in [4.69, 9.17) is 0 Å². The van der Waals surface area contributed by atoms with Gasteiger partial charge < -0.3 is 25.5 Å². The molecule has 7 heteroatoms. The standard InChI is InChI=1S/C22H22O7/c23-5-4-12-13-8-16(22(28)29)21(27)15-7-11(18(25)9-14(15)19(12)13)6-10-2-1-3-17(24)20(10)26/h3,7-9,12-13,19,23-26H,1-2,4-6H2,(H,28,29)/t12-,13?,19-/m1/s1. The van der Waals surface area contributed by atoms with E-state index in [1.165, 1.54) is 24.3 Å². The Balaban J connectivity index is 1.77. The fourth-order valence-corrected chi connectivity index (χ4v) is 4.61. The second kappa shape index (κ2) is 7.08. The average Bonchev–Trinajstić information content (AvgIpc) is 3.37. The summed E-state index contributed by atoms with van der Waals surface area (Å²) in [6, 6.07) is 3.00. The van der Waals surface area contributed by atoms with E-state index in [1.54, 1.807) is 0 Å². The Bertz CT molecular complexity index is 999. The maximum atomic E-state index is 12.9. The number of fused-ring (bicyclic) bond motifs is 3. The van der Waals surface area contributed by atoms with Gasteiger partial charge in [-0.2, -0.15) is 0 Å². The molecule has 0 aliphatic heterocycles. The Labute approximate surface area is 166 Å². The molecule has 1 aromatic carbocycles. The molecule has 0 radical (unpaired) electrons. The van der Waals surface area contributed by atoms with Crippen LogP contribution in [0.1, 0.15) is 46.7 Å². The van der Waals surface area contributed by atoms with Gasteiger partial charge in [-0.05, 0) is 71.9 Å². The van der Waals surface area contributed by atoms with Gasteiger partial charge in [-0.3, -0.25) is 4.79 Å². The van der Waals surface area contributed by atoms with E-state index in [2.05, 4.69) is 0 Å². The van der Waals surface area contributed by atoms with Gasteiger partial charge in [0.25, 0.3) is 0 Å². The lowest BCUT2D eigenvalue weighted by atomic mass is 9.89. The summed E-state index contributed by atoms with van der Waals surface area (Å²) in [6.07, 6.45) is 4.67. The molecule has 29 heavy (non-hydrogen) atoms. The van der Waals surface area contributed by atoms with Crippen molar-refractivity contribution in [3.8, 4) is 5.75 Å². The van der Waals surface area contributed by atoms with Crippen molar-refractivity contribution in [3.05, 3.63) is 63.6 Å². The van der Waals surface area contributed by atoms with Crippen LogP contribution in [0.3, 0.4) is 0 Å². The first-order chi connectivity index (χ1) is 13.8. The largest absolute Gasteiger partial charge is 0.508 e. The molecule has 0 saturated heterocycles. The van der Waals surface area contributed by atoms with Gasteiger partial charge in [0, 0.05) is 18.6 Å². The summed E-state index contributed by atoms with van der Waals surface area (Å²) in [5, 5.41) is 49.2. The Morgan fingerprint density at radius 1 is 1.17 bits per heavy atom. The number of aromatic hydroxyl groups is 1. The topological polar surface area (TPSA) is 135 Å². The molecule has 3 aliphatic rings. The number of rotatable bonds is 5. The lowest BCUT2D eigenvalue weighted by molar-refractivity contribution is -0.132. The minimum Gasteiger partial charge on any atom is -0.508 e. The molecule has 1 aromatic rings. The van der Waals surface area contributed by atoms with Crippen LogP contribution in [0.15, 0.2) is 46.9 Å². The summed E-state index contributed by atoms with van der Waals surface area (Å²) >= 11 is 0. The summed E-state index contributed by atoms with van der Waals surface area (Å²) in [4.78, 5) is 24.5. The molecule has 3 aliphatic carbocycles. The van der Waals surface area contributed by atoms with E-state index >= 15 is 0 Å². The molecule has 1 unspecified atom stereocenters. The molecular formula is C22H22O7. The molecule has 0 spiro atoms. The fraction of sp³-hybridized carbons (Fsp3) is 0.364. The molecule has 4 rings (SSSR count). The van der Waals surface area contributed by atoms with Gasteiger partial charge >= 0.3 is 5.97 Å². The van der Waals surface area contributed by atoms with Gasteiger partial charge in [-0.25, -0.2) is 4.79 Å². The number of Topliss-reactive ketones (excluding diaryl/α,β-unsaturated/α-hetero) is 1. The van der Waals surface area contributed by atoms with Crippen LogP contribution in [0, 0.1) is 11.8 Å². The SMILES string of the molecule is O=C(O)C1=CC2[C@@H](CCO)[C@H]2c2cc(O)c(CC3=C(O)C(O)=CCC3)cc2C1=O. The number of hydrogen-bond acceptors (Lipinski definition) is 6. The number of phenols is 1. The quantitative estimate of drug-likeness (QED) is 0.481. The van der Waals surface area contributed by atoms with Crippen molar-refractivity contribution in [2.45, 2.75) is 31.6 Å². The first-order valence-corrected chi connectivity index (χ1v) is 9.60. The van der Waals surface area contributed by atoms with E-state index in [-0.39, 0.29) is 59.2 Å². The normalized spacial score (nSPS) is 25.6. The number of aliphatic carboxylic acids is 1. The van der Waals surface area contributed by atoms with Crippen LogP contribution in [0.5, 0.6) is 5.75 Å². The van der Waals surface area contributed by atoms with Gasteiger partial charge in [0.15, 0.2) is 17.3 Å². The van der Waals surface area contributed by atoms with Crippen LogP contribution in [0.2, 0.25) is 0 Å². The molecule has 5 N–H and O–H groups in total. The predicted molar refractivity (Wildman–Crippen MR) is 103 cm³/mol. The first kappa shape index (κ1) is 19.3. The van der Waals surface area contributed by atoms with Crippen molar-refractivity contribution >= 4 is 11.8 Å². The Morgan fingerprint density at radius 2 is 1.93 bits per heavy atom. The van der Waals surface area contributed by atoms with Crippen LogP contribution in [0.25, 0.3) is 0 Å². The zero-order chi connectivity index (χ0) is 20.9.